The lowest BCUT2D eigenvalue weighted by molar-refractivity contribution is 0.255. The third-order valence-corrected chi connectivity index (χ3v) is 4.94. The second-order valence-electron chi connectivity index (χ2n) is 5.51. The predicted molar refractivity (Wildman–Crippen MR) is 81.8 cm³/mol. The second-order valence-corrected chi connectivity index (χ2v) is 6.40. The minimum atomic E-state index is 0.667. The minimum Gasteiger partial charge on any atom is -0.306 e. The van der Waals surface area contributed by atoms with Gasteiger partial charge in [-0.3, -0.25) is 0 Å². The molecule has 19 heavy (non-hydrogen) atoms. The molecule has 0 bridgehead atoms. The zero-order chi connectivity index (χ0) is 13.2. The quantitative estimate of drug-likeness (QED) is 0.823. The van der Waals surface area contributed by atoms with E-state index in [-0.39, 0.29) is 0 Å². The van der Waals surface area contributed by atoms with Crippen molar-refractivity contribution < 1.29 is 0 Å². The predicted octanol–water partition coefficient (Wildman–Crippen LogP) is 3.93. The van der Waals surface area contributed by atoms with Gasteiger partial charge in [0.05, 0.1) is 10.7 Å². The number of likely N-dealkylation sites (tertiary alicyclic amines) is 1. The molecule has 1 aliphatic rings. The molecule has 1 saturated heterocycles. The topological polar surface area (TPSA) is 16.1 Å². The summed E-state index contributed by atoms with van der Waals surface area (Å²) in [7, 11) is 2.20. The fourth-order valence-electron chi connectivity index (χ4n) is 2.59. The third-order valence-electron chi connectivity index (χ3n) is 3.94. The van der Waals surface area contributed by atoms with Crippen LogP contribution < -0.4 is 0 Å². The van der Waals surface area contributed by atoms with Gasteiger partial charge in [-0.1, -0.05) is 29.8 Å². The highest BCUT2D eigenvalue weighted by atomic mass is 32.1. The minimum absolute atomic E-state index is 0.667. The zero-order valence-corrected chi connectivity index (χ0v) is 12.4. The molecule has 3 heteroatoms. The summed E-state index contributed by atoms with van der Waals surface area (Å²) in [6.07, 6.45) is 2.49. The van der Waals surface area contributed by atoms with Crippen LogP contribution >= 0.6 is 11.3 Å². The molecular weight excluding hydrogens is 252 g/mol. The summed E-state index contributed by atoms with van der Waals surface area (Å²) in [5, 5.41) is 3.53. The Morgan fingerprint density at radius 3 is 2.53 bits per heavy atom. The number of nitrogens with zero attached hydrogens (tertiary/aromatic N) is 2. The Bertz CT molecular complexity index is 536. The summed E-state index contributed by atoms with van der Waals surface area (Å²) >= 11 is 1.83. The smallest absolute Gasteiger partial charge is 0.0964 e. The van der Waals surface area contributed by atoms with Crippen LogP contribution in [-0.4, -0.2) is 30.0 Å². The van der Waals surface area contributed by atoms with Crippen molar-refractivity contribution in [3.8, 4) is 11.3 Å². The number of benzene rings is 1. The highest BCUT2D eigenvalue weighted by molar-refractivity contribution is 7.10. The number of aromatic nitrogens is 1. The molecule has 2 aromatic rings. The van der Waals surface area contributed by atoms with E-state index in [0.29, 0.717) is 5.92 Å². The number of aryl methyl sites for hydroxylation is 1. The number of piperidine rings is 1. The molecule has 1 aromatic heterocycles. The van der Waals surface area contributed by atoms with Crippen LogP contribution in [0.3, 0.4) is 0 Å². The molecule has 0 atom stereocenters. The van der Waals surface area contributed by atoms with Crippen molar-refractivity contribution in [2.24, 2.45) is 0 Å². The molecule has 1 aliphatic heterocycles. The molecule has 0 radical (unpaired) electrons. The van der Waals surface area contributed by atoms with Gasteiger partial charge in [-0.15, -0.1) is 11.3 Å². The number of hydrogen-bond acceptors (Lipinski definition) is 3. The molecule has 1 aromatic carbocycles. The Morgan fingerprint density at radius 1 is 1.16 bits per heavy atom. The maximum absolute atomic E-state index is 4.86. The van der Waals surface area contributed by atoms with Gasteiger partial charge in [0.1, 0.15) is 0 Å². The summed E-state index contributed by atoms with van der Waals surface area (Å²) in [5.41, 5.74) is 3.68. The van der Waals surface area contributed by atoms with Crippen LogP contribution in [0.5, 0.6) is 0 Å². The monoisotopic (exact) mass is 272 g/mol. The molecule has 0 amide bonds. The largest absolute Gasteiger partial charge is 0.306 e. The van der Waals surface area contributed by atoms with Gasteiger partial charge < -0.3 is 4.90 Å². The fourth-order valence-corrected chi connectivity index (χ4v) is 3.59. The summed E-state index contributed by atoms with van der Waals surface area (Å²) in [6.45, 7) is 4.52. The first-order valence-corrected chi connectivity index (χ1v) is 7.81. The third kappa shape index (κ3) is 2.88. The summed E-state index contributed by atoms with van der Waals surface area (Å²) in [6, 6.07) is 8.65. The Labute approximate surface area is 119 Å². The Morgan fingerprint density at radius 2 is 1.84 bits per heavy atom. The first-order valence-electron chi connectivity index (χ1n) is 6.93. The Hall–Kier alpha value is -1.19. The van der Waals surface area contributed by atoms with Crippen LogP contribution in [0.2, 0.25) is 0 Å². The number of thiazole rings is 1. The highest BCUT2D eigenvalue weighted by Crippen LogP contribution is 2.32. The highest BCUT2D eigenvalue weighted by Gasteiger charge is 2.21. The lowest BCUT2D eigenvalue weighted by Crippen LogP contribution is -2.29. The van der Waals surface area contributed by atoms with E-state index < -0.39 is 0 Å². The van der Waals surface area contributed by atoms with Gasteiger partial charge in [0.2, 0.25) is 0 Å². The average Bonchev–Trinajstić information content (AvgIpc) is 2.90. The van der Waals surface area contributed by atoms with Gasteiger partial charge in [-0.05, 0) is 39.9 Å². The first-order chi connectivity index (χ1) is 9.22. The fraction of sp³-hybridized carbons (Fsp3) is 0.438. The standard InChI is InChI=1S/C16H20N2S/c1-12-3-5-13(6-4-12)15-11-19-16(17-15)14-7-9-18(2)10-8-14/h3-6,11,14H,7-10H2,1-2H3. The maximum atomic E-state index is 4.86. The van der Waals surface area contributed by atoms with E-state index in [2.05, 4.69) is 48.5 Å². The number of rotatable bonds is 2. The van der Waals surface area contributed by atoms with Gasteiger partial charge in [-0.2, -0.15) is 0 Å². The van der Waals surface area contributed by atoms with Crippen LogP contribution in [0.25, 0.3) is 11.3 Å². The van der Waals surface area contributed by atoms with E-state index in [1.54, 1.807) is 0 Å². The van der Waals surface area contributed by atoms with Crippen LogP contribution in [0, 0.1) is 6.92 Å². The second kappa shape index (κ2) is 5.43. The van der Waals surface area contributed by atoms with E-state index >= 15 is 0 Å². The van der Waals surface area contributed by atoms with E-state index in [1.807, 2.05) is 11.3 Å². The van der Waals surface area contributed by atoms with E-state index in [9.17, 15) is 0 Å². The van der Waals surface area contributed by atoms with E-state index in [0.717, 1.165) is 5.69 Å². The normalized spacial score (nSPS) is 17.8. The van der Waals surface area contributed by atoms with Gasteiger partial charge in [0.15, 0.2) is 0 Å². The van der Waals surface area contributed by atoms with Crippen molar-refractivity contribution in [1.82, 2.24) is 9.88 Å². The van der Waals surface area contributed by atoms with E-state index in [1.165, 1.54) is 42.1 Å². The van der Waals surface area contributed by atoms with Gasteiger partial charge in [0.25, 0.3) is 0 Å². The average molecular weight is 272 g/mol. The van der Waals surface area contributed by atoms with Crippen molar-refractivity contribution in [1.29, 1.82) is 0 Å². The molecule has 0 N–H and O–H groups in total. The lowest BCUT2D eigenvalue weighted by atomic mass is 9.98. The summed E-state index contributed by atoms with van der Waals surface area (Å²) in [4.78, 5) is 7.27. The molecule has 100 valence electrons. The molecule has 0 unspecified atom stereocenters. The molecule has 3 rings (SSSR count). The van der Waals surface area contributed by atoms with Gasteiger partial charge in [0, 0.05) is 16.9 Å². The number of hydrogen-bond donors (Lipinski definition) is 0. The van der Waals surface area contributed by atoms with E-state index in [4.69, 9.17) is 4.98 Å². The molecular formula is C16H20N2S. The molecule has 0 saturated carbocycles. The van der Waals surface area contributed by atoms with Crippen molar-refractivity contribution in [3.05, 3.63) is 40.2 Å². The molecule has 2 heterocycles. The van der Waals surface area contributed by atoms with Crippen LogP contribution in [0.1, 0.15) is 29.3 Å². The SMILES string of the molecule is Cc1ccc(-c2csc(C3CCN(C)CC3)n2)cc1. The van der Waals surface area contributed by atoms with Crippen molar-refractivity contribution in [2.75, 3.05) is 20.1 Å². The molecule has 1 fully saturated rings. The van der Waals surface area contributed by atoms with Gasteiger partial charge >= 0.3 is 0 Å². The van der Waals surface area contributed by atoms with Gasteiger partial charge in [-0.25, -0.2) is 4.98 Å². The van der Waals surface area contributed by atoms with Crippen molar-refractivity contribution in [2.45, 2.75) is 25.7 Å². The summed E-state index contributed by atoms with van der Waals surface area (Å²) < 4.78 is 0. The Kier molecular flexibility index (Phi) is 3.67. The zero-order valence-electron chi connectivity index (χ0n) is 11.6. The van der Waals surface area contributed by atoms with Crippen molar-refractivity contribution in [3.63, 3.8) is 0 Å². The summed E-state index contributed by atoms with van der Waals surface area (Å²) in [5.74, 6) is 0.667. The van der Waals surface area contributed by atoms with Crippen LogP contribution in [-0.2, 0) is 0 Å². The van der Waals surface area contributed by atoms with Crippen molar-refractivity contribution >= 4 is 11.3 Å². The molecule has 2 nitrogen and oxygen atoms in total. The lowest BCUT2D eigenvalue weighted by Gasteiger charge is -2.27. The maximum Gasteiger partial charge on any atom is 0.0964 e. The first kappa shape index (κ1) is 12.8. The molecule has 0 aliphatic carbocycles. The van der Waals surface area contributed by atoms with Crippen LogP contribution in [0.15, 0.2) is 29.6 Å². The molecule has 0 spiro atoms. The Balaban J connectivity index is 1.77. The van der Waals surface area contributed by atoms with Crippen LogP contribution in [0.4, 0.5) is 0 Å².